The van der Waals surface area contributed by atoms with Crippen LogP contribution in [-0.4, -0.2) is 22.8 Å². The van der Waals surface area contributed by atoms with Gasteiger partial charge in [-0.2, -0.15) is 0 Å². The van der Waals surface area contributed by atoms with Crippen LogP contribution in [-0.2, 0) is 11.3 Å². The van der Waals surface area contributed by atoms with E-state index in [4.69, 9.17) is 0 Å². The molecule has 0 N–H and O–H groups in total. The highest BCUT2D eigenvalue weighted by Gasteiger charge is 2.44. The maximum absolute atomic E-state index is 11.5. The molecule has 1 aliphatic rings. The summed E-state index contributed by atoms with van der Waals surface area (Å²) in [6.07, 6.45) is 0. The fourth-order valence-electron chi connectivity index (χ4n) is 2.46. The van der Waals surface area contributed by atoms with Gasteiger partial charge in [-0.1, -0.05) is 36.4 Å². The number of Topliss-reactive ketones (excluding diaryl/α,β-unsaturated/α-hetero) is 1. The number of hydrogen-bond acceptors (Lipinski definition) is 2. The number of carbonyl (C=O) groups is 1. The van der Waals surface area contributed by atoms with Crippen LogP contribution < -0.4 is 0 Å². The first-order valence-corrected chi connectivity index (χ1v) is 6.33. The zero-order valence-electron chi connectivity index (χ0n) is 10.8. The molecule has 0 bridgehead atoms. The summed E-state index contributed by atoms with van der Waals surface area (Å²) < 4.78 is 0. The molecule has 0 aromatic heterocycles. The predicted octanol–water partition coefficient (Wildman–Crippen LogP) is 3.00. The van der Waals surface area contributed by atoms with Gasteiger partial charge >= 0.3 is 0 Å². The Labute approximate surface area is 107 Å². The summed E-state index contributed by atoms with van der Waals surface area (Å²) in [7, 11) is 0. The van der Waals surface area contributed by atoms with Crippen molar-refractivity contribution in [1.82, 2.24) is 4.90 Å². The molecule has 1 saturated heterocycles. The third-order valence-electron chi connectivity index (χ3n) is 3.99. The van der Waals surface area contributed by atoms with Gasteiger partial charge in [0.1, 0.15) is 0 Å². The van der Waals surface area contributed by atoms with Gasteiger partial charge in [-0.05, 0) is 36.2 Å². The van der Waals surface area contributed by atoms with Crippen LogP contribution in [0.5, 0.6) is 0 Å². The van der Waals surface area contributed by atoms with Crippen LogP contribution >= 0.6 is 0 Å². The number of hydrogen-bond donors (Lipinski definition) is 0. The van der Waals surface area contributed by atoms with Crippen molar-refractivity contribution >= 4 is 16.6 Å². The Bertz CT molecular complexity index is 615. The molecule has 1 heterocycles. The normalized spacial score (nSPS) is 18.9. The van der Waals surface area contributed by atoms with Gasteiger partial charge in [0.2, 0.25) is 0 Å². The minimum Gasteiger partial charge on any atom is -0.296 e. The van der Waals surface area contributed by atoms with Gasteiger partial charge in [-0.15, -0.1) is 0 Å². The van der Waals surface area contributed by atoms with Gasteiger partial charge in [-0.3, -0.25) is 9.69 Å². The van der Waals surface area contributed by atoms with Crippen molar-refractivity contribution in [3.8, 4) is 0 Å². The Balaban J connectivity index is 1.86. The van der Waals surface area contributed by atoms with Crippen molar-refractivity contribution in [3.05, 3.63) is 48.0 Å². The Hall–Kier alpha value is -1.67. The highest BCUT2D eigenvalue weighted by Crippen LogP contribution is 2.28. The van der Waals surface area contributed by atoms with Crippen LogP contribution in [0.4, 0.5) is 0 Å². The standard InChI is InChI=1S/C16H17NO/c1-16(2)15(18)11-17(16)10-12-7-8-13-5-3-4-6-14(13)9-12/h3-9H,10-11H2,1-2H3. The van der Waals surface area contributed by atoms with Crippen molar-refractivity contribution < 1.29 is 4.79 Å². The fourth-order valence-corrected chi connectivity index (χ4v) is 2.46. The Kier molecular flexibility index (Phi) is 2.49. The smallest absolute Gasteiger partial charge is 0.166 e. The minimum atomic E-state index is -0.286. The van der Waals surface area contributed by atoms with E-state index in [0.29, 0.717) is 12.3 Å². The van der Waals surface area contributed by atoms with Gasteiger partial charge in [0.15, 0.2) is 5.78 Å². The lowest BCUT2D eigenvalue weighted by Gasteiger charge is -2.46. The molecule has 2 nitrogen and oxygen atoms in total. The lowest BCUT2D eigenvalue weighted by atomic mass is 9.86. The largest absolute Gasteiger partial charge is 0.296 e. The molecular weight excluding hydrogens is 222 g/mol. The van der Waals surface area contributed by atoms with Gasteiger partial charge < -0.3 is 0 Å². The van der Waals surface area contributed by atoms with Crippen LogP contribution in [0.3, 0.4) is 0 Å². The lowest BCUT2D eigenvalue weighted by Crippen LogP contribution is -2.63. The summed E-state index contributed by atoms with van der Waals surface area (Å²) in [5.74, 6) is 0.336. The van der Waals surface area contributed by atoms with E-state index in [9.17, 15) is 4.79 Å². The second-order valence-electron chi connectivity index (χ2n) is 5.52. The average Bonchev–Trinajstić information content (AvgIpc) is 2.38. The minimum absolute atomic E-state index is 0.286. The van der Waals surface area contributed by atoms with Crippen molar-refractivity contribution in [2.45, 2.75) is 25.9 Å². The molecule has 1 aliphatic heterocycles. The zero-order chi connectivity index (χ0) is 12.8. The number of nitrogens with zero attached hydrogens (tertiary/aromatic N) is 1. The molecule has 18 heavy (non-hydrogen) atoms. The third kappa shape index (κ3) is 1.73. The molecule has 0 atom stereocenters. The Morgan fingerprint density at radius 2 is 1.83 bits per heavy atom. The number of benzene rings is 2. The monoisotopic (exact) mass is 239 g/mol. The van der Waals surface area contributed by atoms with Crippen molar-refractivity contribution in [1.29, 1.82) is 0 Å². The molecule has 0 spiro atoms. The molecule has 92 valence electrons. The second kappa shape index (κ2) is 3.92. The Morgan fingerprint density at radius 3 is 2.50 bits per heavy atom. The van der Waals surface area contributed by atoms with Gasteiger partial charge in [0.05, 0.1) is 12.1 Å². The summed E-state index contributed by atoms with van der Waals surface area (Å²) in [4.78, 5) is 13.7. The summed E-state index contributed by atoms with van der Waals surface area (Å²) in [5, 5.41) is 2.53. The molecule has 1 fully saturated rings. The van der Waals surface area contributed by atoms with E-state index >= 15 is 0 Å². The van der Waals surface area contributed by atoms with Gasteiger partial charge in [0.25, 0.3) is 0 Å². The topological polar surface area (TPSA) is 20.3 Å². The van der Waals surface area contributed by atoms with Crippen LogP contribution in [0.1, 0.15) is 19.4 Å². The molecule has 0 saturated carbocycles. The molecule has 0 aliphatic carbocycles. The molecule has 2 aromatic rings. The van der Waals surface area contributed by atoms with Crippen molar-refractivity contribution in [2.24, 2.45) is 0 Å². The van der Waals surface area contributed by atoms with E-state index in [-0.39, 0.29) is 5.54 Å². The molecule has 2 aromatic carbocycles. The summed E-state index contributed by atoms with van der Waals surface area (Å²) >= 11 is 0. The number of likely N-dealkylation sites (tertiary alicyclic amines) is 1. The van der Waals surface area contributed by atoms with E-state index in [0.717, 1.165) is 6.54 Å². The van der Waals surface area contributed by atoms with E-state index < -0.39 is 0 Å². The summed E-state index contributed by atoms with van der Waals surface area (Å²) in [6.45, 7) is 5.43. The lowest BCUT2D eigenvalue weighted by molar-refractivity contribution is -0.145. The number of fused-ring (bicyclic) bond motifs is 1. The second-order valence-corrected chi connectivity index (χ2v) is 5.52. The van der Waals surface area contributed by atoms with Gasteiger partial charge in [-0.25, -0.2) is 0 Å². The maximum Gasteiger partial charge on any atom is 0.166 e. The molecule has 0 radical (unpaired) electrons. The van der Waals surface area contributed by atoms with Crippen LogP contribution in [0.15, 0.2) is 42.5 Å². The Morgan fingerprint density at radius 1 is 1.11 bits per heavy atom. The summed E-state index contributed by atoms with van der Waals surface area (Å²) in [5.41, 5.74) is 0.986. The van der Waals surface area contributed by atoms with Crippen molar-refractivity contribution in [2.75, 3.05) is 6.54 Å². The quantitative estimate of drug-likeness (QED) is 0.803. The fraction of sp³-hybridized carbons (Fsp3) is 0.312. The van der Waals surface area contributed by atoms with Crippen molar-refractivity contribution in [3.63, 3.8) is 0 Å². The molecule has 0 amide bonds. The average molecular weight is 239 g/mol. The first-order chi connectivity index (χ1) is 8.57. The van der Waals surface area contributed by atoms with Crippen LogP contribution in [0.2, 0.25) is 0 Å². The summed E-state index contributed by atoms with van der Waals surface area (Å²) in [6, 6.07) is 14.9. The maximum atomic E-state index is 11.5. The predicted molar refractivity (Wildman–Crippen MR) is 73.4 cm³/mol. The van der Waals surface area contributed by atoms with E-state index in [1.807, 2.05) is 13.8 Å². The zero-order valence-corrected chi connectivity index (χ0v) is 10.8. The van der Waals surface area contributed by atoms with Gasteiger partial charge in [0, 0.05) is 6.54 Å². The van der Waals surface area contributed by atoms with E-state index in [1.54, 1.807) is 0 Å². The molecule has 0 unspecified atom stereocenters. The highest BCUT2D eigenvalue weighted by molar-refractivity contribution is 5.95. The SMILES string of the molecule is CC1(C)C(=O)CN1Cc1ccc2ccccc2c1. The molecule has 3 rings (SSSR count). The molecular formula is C16H17NO. The number of rotatable bonds is 2. The highest BCUT2D eigenvalue weighted by atomic mass is 16.1. The first-order valence-electron chi connectivity index (χ1n) is 6.33. The van der Waals surface area contributed by atoms with E-state index in [2.05, 4.69) is 47.4 Å². The van der Waals surface area contributed by atoms with E-state index in [1.165, 1.54) is 16.3 Å². The van der Waals surface area contributed by atoms with Crippen LogP contribution in [0.25, 0.3) is 10.8 Å². The van der Waals surface area contributed by atoms with Crippen LogP contribution in [0, 0.1) is 0 Å². The third-order valence-corrected chi connectivity index (χ3v) is 3.99. The first kappa shape index (κ1) is 11.4. The molecule has 2 heteroatoms. The number of carbonyl (C=O) groups excluding carboxylic acids is 1. The number of ketones is 1.